The molecule has 0 saturated carbocycles. The van der Waals surface area contributed by atoms with Gasteiger partial charge in [0.1, 0.15) is 0 Å². The first kappa shape index (κ1) is 14.8. The fourth-order valence-corrected chi connectivity index (χ4v) is 2.37. The lowest BCUT2D eigenvalue weighted by molar-refractivity contribution is -0.137. The van der Waals surface area contributed by atoms with Crippen LogP contribution in [0.5, 0.6) is 0 Å². The summed E-state index contributed by atoms with van der Waals surface area (Å²) in [5, 5.41) is 5.71. The van der Waals surface area contributed by atoms with Gasteiger partial charge in [-0.25, -0.2) is 0 Å². The molecule has 1 amide bonds. The molecular weight excluding hydrogens is 269 g/mol. The van der Waals surface area contributed by atoms with Crippen LogP contribution >= 0.6 is 0 Å². The van der Waals surface area contributed by atoms with Crippen molar-refractivity contribution in [2.45, 2.75) is 19.5 Å². The van der Waals surface area contributed by atoms with Crippen LogP contribution in [0.3, 0.4) is 0 Å². The Labute approximate surface area is 115 Å². The van der Waals surface area contributed by atoms with Crippen molar-refractivity contribution >= 4 is 11.6 Å². The topological polar surface area (TPSA) is 41.1 Å². The summed E-state index contributed by atoms with van der Waals surface area (Å²) in [6.07, 6.45) is -3.65. The predicted octanol–water partition coefficient (Wildman–Crippen LogP) is 2.89. The zero-order valence-corrected chi connectivity index (χ0v) is 11.1. The van der Waals surface area contributed by atoms with Crippen LogP contribution in [-0.4, -0.2) is 19.0 Å². The van der Waals surface area contributed by atoms with E-state index in [1.807, 2.05) is 6.92 Å². The van der Waals surface area contributed by atoms with Gasteiger partial charge >= 0.3 is 6.18 Å². The Morgan fingerprint density at radius 1 is 1.35 bits per heavy atom. The summed E-state index contributed by atoms with van der Waals surface area (Å²) in [6.45, 7) is 3.47. The van der Waals surface area contributed by atoms with Crippen LogP contribution in [0.15, 0.2) is 24.3 Å². The second kappa shape index (κ2) is 5.83. The monoisotopic (exact) mass is 286 g/mol. The summed E-state index contributed by atoms with van der Waals surface area (Å²) in [6, 6.07) is 4.70. The van der Waals surface area contributed by atoms with Gasteiger partial charge in [-0.2, -0.15) is 13.2 Å². The van der Waals surface area contributed by atoms with Crippen molar-refractivity contribution in [3.63, 3.8) is 0 Å². The number of benzene rings is 1. The van der Waals surface area contributed by atoms with Gasteiger partial charge < -0.3 is 10.6 Å². The molecule has 1 heterocycles. The lowest BCUT2D eigenvalue weighted by atomic mass is 9.91. The minimum atomic E-state index is -4.40. The lowest BCUT2D eigenvalue weighted by Crippen LogP contribution is -2.40. The average Bonchev–Trinajstić information content (AvgIpc) is 2.38. The third-order valence-corrected chi connectivity index (χ3v) is 3.40. The lowest BCUT2D eigenvalue weighted by Gasteiger charge is -2.26. The smallest absolute Gasteiger partial charge is 0.326 e. The van der Waals surface area contributed by atoms with E-state index in [2.05, 4.69) is 10.6 Å². The van der Waals surface area contributed by atoms with Gasteiger partial charge in [0.25, 0.3) is 0 Å². The van der Waals surface area contributed by atoms with Crippen molar-refractivity contribution in [2.24, 2.45) is 11.8 Å². The fraction of sp³-hybridized carbons (Fsp3) is 0.500. The molecule has 0 bridgehead atoms. The molecule has 0 radical (unpaired) electrons. The van der Waals surface area contributed by atoms with Crippen LogP contribution in [0.1, 0.15) is 18.9 Å². The van der Waals surface area contributed by atoms with Gasteiger partial charge in [-0.15, -0.1) is 0 Å². The number of halogens is 3. The molecule has 2 N–H and O–H groups in total. The molecule has 2 atom stereocenters. The molecule has 1 aliphatic rings. The molecule has 1 fully saturated rings. The van der Waals surface area contributed by atoms with E-state index < -0.39 is 11.7 Å². The van der Waals surface area contributed by atoms with Crippen molar-refractivity contribution in [3.05, 3.63) is 29.8 Å². The van der Waals surface area contributed by atoms with E-state index in [4.69, 9.17) is 0 Å². The van der Waals surface area contributed by atoms with E-state index in [1.165, 1.54) is 12.1 Å². The fourth-order valence-electron chi connectivity index (χ4n) is 2.37. The summed E-state index contributed by atoms with van der Waals surface area (Å²) < 4.78 is 37.8. The molecular formula is C14H17F3N2O. The average molecular weight is 286 g/mol. The summed E-state index contributed by atoms with van der Waals surface area (Å²) in [7, 11) is 0. The highest BCUT2D eigenvalue weighted by Gasteiger charge is 2.31. The first-order chi connectivity index (χ1) is 9.36. The van der Waals surface area contributed by atoms with Crippen LogP contribution in [0.2, 0.25) is 0 Å². The summed E-state index contributed by atoms with van der Waals surface area (Å²) in [5.41, 5.74) is -0.575. The Morgan fingerprint density at radius 2 is 2.10 bits per heavy atom. The third kappa shape index (κ3) is 3.72. The van der Waals surface area contributed by atoms with Gasteiger partial charge in [0, 0.05) is 12.2 Å². The largest absolute Gasteiger partial charge is 0.416 e. The number of rotatable bonds is 2. The molecule has 0 aliphatic carbocycles. The molecule has 1 aromatic rings. The zero-order chi connectivity index (χ0) is 14.8. The first-order valence-electron chi connectivity index (χ1n) is 6.55. The first-order valence-corrected chi connectivity index (χ1v) is 6.55. The van der Waals surface area contributed by atoms with Crippen LogP contribution in [0.4, 0.5) is 18.9 Å². The zero-order valence-electron chi connectivity index (χ0n) is 11.1. The number of carbonyl (C=O) groups is 1. The van der Waals surface area contributed by atoms with Crippen LogP contribution in [-0.2, 0) is 11.0 Å². The molecule has 1 aliphatic heterocycles. The quantitative estimate of drug-likeness (QED) is 0.877. The number of hydrogen-bond acceptors (Lipinski definition) is 2. The molecule has 1 saturated heterocycles. The van der Waals surface area contributed by atoms with E-state index in [-0.39, 0.29) is 17.5 Å². The number of piperidine rings is 1. The van der Waals surface area contributed by atoms with E-state index in [0.717, 1.165) is 25.1 Å². The van der Waals surface area contributed by atoms with Crippen molar-refractivity contribution in [1.29, 1.82) is 0 Å². The van der Waals surface area contributed by atoms with Gasteiger partial charge in [0.2, 0.25) is 5.91 Å². The number of anilines is 1. The Morgan fingerprint density at radius 3 is 2.75 bits per heavy atom. The van der Waals surface area contributed by atoms with Gasteiger partial charge in [-0.3, -0.25) is 4.79 Å². The number of nitrogens with one attached hydrogen (secondary N) is 2. The van der Waals surface area contributed by atoms with Crippen molar-refractivity contribution in [1.82, 2.24) is 5.32 Å². The second-order valence-electron chi connectivity index (χ2n) is 5.26. The van der Waals surface area contributed by atoms with Gasteiger partial charge in [-0.05, 0) is 37.1 Å². The maximum absolute atomic E-state index is 12.6. The molecule has 20 heavy (non-hydrogen) atoms. The van der Waals surface area contributed by atoms with Crippen LogP contribution in [0.25, 0.3) is 0 Å². The maximum atomic E-state index is 12.6. The van der Waals surface area contributed by atoms with Crippen LogP contribution in [0, 0.1) is 11.8 Å². The third-order valence-electron chi connectivity index (χ3n) is 3.40. The number of alkyl halides is 3. The van der Waals surface area contributed by atoms with E-state index in [1.54, 1.807) is 0 Å². The molecule has 0 aromatic heterocycles. The molecule has 2 unspecified atom stereocenters. The molecule has 110 valence electrons. The normalized spacial score (nSPS) is 23.4. The Bertz CT molecular complexity index is 488. The Kier molecular flexibility index (Phi) is 4.32. The molecule has 3 nitrogen and oxygen atoms in total. The molecule has 1 aromatic carbocycles. The predicted molar refractivity (Wildman–Crippen MR) is 70.2 cm³/mol. The summed E-state index contributed by atoms with van der Waals surface area (Å²) >= 11 is 0. The highest BCUT2D eigenvalue weighted by Crippen LogP contribution is 2.30. The number of hydrogen-bond donors (Lipinski definition) is 2. The van der Waals surface area contributed by atoms with Crippen LogP contribution < -0.4 is 10.6 Å². The molecule has 6 heteroatoms. The number of amides is 1. The highest BCUT2D eigenvalue weighted by atomic mass is 19.4. The van der Waals surface area contributed by atoms with Gasteiger partial charge in [0.05, 0.1) is 11.5 Å². The standard InChI is InChI=1S/C14H17F3N2O/c1-9-5-10(8-18-7-9)13(20)19-12-4-2-3-11(6-12)14(15,16)17/h2-4,6,9-10,18H,5,7-8H2,1H3,(H,19,20). The Balaban J connectivity index is 2.04. The Hall–Kier alpha value is -1.56. The van der Waals surface area contributed by atoms with E-state index in [0.29, 0.717) is 12.5 Å². The summed E-state index contributed by atoms with van der Waals surface area (Å²) in [5.74, 6) is -0.0438. The van der Waals surface area contributed by atoms with Gasteiger partial charge in [0.15, 0.2) is 0 Å². The van der Waals surface area contributed by atoms with E-state index >= 15 is 0 Å². The number of carbonyl (C=O) groups excluding carboxylic acids is 1. The minimum absolute atomic E-state index is 0.183. The van der Waals surface area contributed by atoms with Crippen molar-refractivity contribution in [3.8, 4) is 0 Å². The van der Waals surface area contributed by atoms with Crippen molar-refractivity contribution < 1.29 is 18.0 Å². The maximum Gasteiger partial charge on any atom is 0.416 e. The molecule has 0 spiro atoms. The molecule has 2 rings (SSSR count). The summed E-state index contributed by atoms with van der Waals surface area (Å²) in [4.78, 5) is 12.0. The minimum Gasteiger partial charge on any atom is -0.326 e. The van der Waals surface area contributed by atoms with Crippen molar-refractivity contribution in [2.75, 3.05) is 18.4 Å². The van der Waals surface area contributed by atoms with Gasteiger partial charge in [-0.1, -0.05) is 13.0 Å². The SMILES string of the molecule is CC1CNCC(C(=O)Nc2cccc(C(F)(F)F)c2)C1. The second-order valence-corrected chi connectivity index (χ2v) is 5.26. The van der Waals surface area contributed by atoms with E-state index in [9.17, 15) is 18.0 Å². The highest BCUT2D eigenvalue weighted by molar-refractivity contribution is 5.92.